The van der Waals surface area contributed by atoms with Crippen LogP contribution in [0.1, 0.15) is 18.1 Å². The van der Waals surface area contributed by atoms with Crippen LogP contribution in [0.5, 0.6) is 0 Å². The first kappa shape index (κ1) is 14.5. The minimum absolute atomic E-state index is 0.0225. The first-order valence-corrected chi connectivity index (χ1v) is 7.89. The van der Waals surface area contributed by atoms with Crippen LogP contribution in [-0.2, 0) is 23.2 Å². The third-order valence-corrected chi connectivity index (χ3v) is 4.88. The number of rotatable bonds is 5. The van der Waals surface area contributed by atoms with E-state index >= 15 is 0 Å². The molecule has 1 unspecified atom stereocenters. The molecular formula is C13H20N2O3S. The van der Waals surface area contributed by atoms with Gasteiger partial charge in [0, 0.05) is 26.2 Å². The molecule has 0 radical (unpaired) electrons. The largest absolute Gasteiger partial charge is 0.396 e. The predicted molar refractivity (Wildman–Crippen MR) is 73.7 cm³/mol. The lowest BCUT2D eigenvalue weighted by atomic mass is 10.0. The van der Waals surface area contributed by atoms with Gasteiger partial charge in [-0.25, -0.2) is 4.72 Å². The van der Waals surface area contributed by atoms with Crippen molar-refractivity contribution in [2.75, 3.05) is 19.7 Å². The maximum absolute atomic E-state index is 12.1. The predicted octanol–water partition coefficient (Wildman–Crippen LogP) is 0.507. The van der Waals surface area contributed by atoms with Gasteiger partial charge in [-0.15, -0.1) is 0 Å². The zero-order chi connectivity index (χ0) is 13.9. The van der Waals surface area contributed by atoms with Gasteiger partial charge < -0.3 is 5.11 Å². The topological polar surface area (TPSA) is 69.6 Å². The minimum Gasteiger partial charge on any atom is -0.396 e. The number of hydrogen-bond donors (Lipinski definition) is 2. The molecule has 2 rings (SSSR count). The van der Waals surface area contributed by atoms with Gasteiger partial charge in [-0.3, -0.25) is 0 Å². The van der Waals surface area contributed by atoms with Crippen LogP contribution < -0.4 is 4.72 Å². The van der Waals surface area contributed by atoms with E-state index in [4.69, 9.17) is 5.11 Å². The van der Waals surface area contributed by atoms with E-state index in [1.54, 1.807) is 6.92 Å². The molecule has 1 aromatic rings. The van der Waals surface area contributed by atoms with Crippen molar-refractivity contribution < 1.29 is 13.5 Å². The number of nitrogens with zero attached hydrogens (tertiary/aromatic N) is 1. The minimum atomic E-state index is -3.46. The molecule has 0 bridgehead atoms. The second-order valence-corrected chi connectivity index (χ2v) is 6.75. The molecule has 0 saturated carbocycles. The second kappa shape index (κ2) is 6.00. The van der Waals surface area contributed by atoms with E-state index in [0.29, 0.717) is 13.1 Å². The molecule has 19 heavy (non-hydrogen) atoms. The summed E-state index contributed by atoms with van der Waals surface area (Å²) in [4.78, 5) is 0. The molecule has 0 amide bonds. The summed E-state index contributed by atoms with van der Waals surface area (Å²) in [7, 11) is -3.46. The molecular weight excluding hydrogens is 264 g/mol. The molecule has 0 aromatic heterocycles. The van der Waals surface area contributed by atoms with Gasteiger partial charge in [-0.2, -0.15) is 12.7 Å². The second-order valence-electron chi connectivity index (χ2n) is 4.99. The zero-order valence-electron chi connectivity index (χ0n) is 11.0. The van der Waals surface area contributed by atoms with Gasteiger partial charge in [-0.1, -0.05) is 31.2 Å². The van der Waals surface area contributed by atoms with E-state index in [9.17, 15) is 8.42 Å². The van der Waals surface area contributed by atoms with Crippen molar-refractivity contribution in [1.82, 2.24) is 9.03 Å². The van der Waals surface area contributed by atoms with Crippen molar-refractivity contribution in [1.29, 1.82) is 0 Å². The van der Waals surface area contributed by atoms with Gasteiger partial charge in [0.15, 0.2) is 0 Å². The van der Waals surface area contributed by atoms with Crippen LogP contribution in [0, 0.1) is 5.92 Å². The smallest absolute Gasteiger partial charge is 0.279 e. The van der Waals surface area contributed by atoms with Crippen molar-refractivity contribution in [3.63, 3.8) is 0 Å². The van der Waals surface area contributed by atoms with Crippen molar-refractivity contribution in [3.8, 4) is 0 Å². The van der Waals surface area contributed by atoms with E-state index < -0.39 is 10.2 Å². The average molecular weight is 284 g/mol. The fraction of sp³-hybridized carbons (Fsp3) is 0.538. The highest BCUT2D eigenvalue weighted by Gasteiger charge is 2.26. The quantitative estimate of drug-likeness (QED) is 0.827. The van der Waals surface area contributed by atoms with Crippen molar-refractivity contribution in [2.45, 2.75) is 19.9 Å². The van der Waals surface area contributed by atoms with Gasteiger partial charge in [0.05, 0.1) is 0 Å². The summed E-state index contributed by atoms with van der Waals surface area (Å²) in [5, 5.41) is 8.92. The summed E-state index contributed by atoms with van der Waals surface area (Å²) in [5.74, 6) is -0.0770. The first-order chi connectivity index (χ1) is 9.03. The Morgan fingerprint density at radius 1 is 1.37 bits per heavy atom. The van der Waals surface area contributed by atoms with E-state index in [0.717, 1.165) is 12.0 Å². The van der Waals surface area contributed by atoms with E-state index in [-0.39, 0.29) is 19.1 Å². The highest BCUT2D eigenvalue weighted by Crippen LogP contribution is 2.20. The molecule has 1 aliphatic rings. The fourth-order valence-corrected chi connectivity index (χ4v) is 3.40. The highest BCUT2D eigenvalue weighted by molar-refractivity contribution is 7.87. The number of benzene rings is 1. The lowest BCUT2D eigenvalue weighted by molar-refractivity contribution is 0.237. The molecule has 0 saturated heterocycles. The number of hydrogen-bond acceptors (Lipinski definition) is 3. The van der Waals surface area contributed by atoms with Crippen LogP contribution in [-0.4, -0.2) is 37.5 Å². The summed E-state index contributed by atoms with van der Waals surface area (Å²) >= 11 is 0. The molecule has 1 aliphatic heterocycles. The Bertz CT molecular complexity index is 530. The molecule has 1 aromatic carbocycles. The third kappa shape index (κ3) is 3.54. The van der Waals surface area contributed by atoms with Gasteiger partial charge >= 0.3 is 0 Å². The van der Waals surface area contributed by atoms with Gasteiger partial charge in [-0.05, 0) is 23.5 Å². The molecule has 5 nitrogen and oxygen atoms in total. The van der Waals surface area contributed by atoms with Crippen molar-refractivity contribution >= 4 is 10.2 Å². The highest BCUT2D eigenvalue weighted by atomic mass is 32.2. The molecule has 0 aliphatic carbocycles. The Morgan fingerprint density at radius 3 is 2.74 bits per heavy atom. The van der Waals surface area contributed by atoms with Crippen LogP contribution in [0.15, 0.2) is 24.3 Å². The summed E-state index contributed by atoms with van der Waals surface area (Å²) in [5.41, 5.74) is 2.28. The van der Waals surface area contributed by atoms with E-state index in [2.05, 4.69) is 4.72 Å². The standard InChI is InChI=1S/C13H20N2O3S/c1-11(10-16)8-14-19(17,18)15-7-6-12-4-2-3-5-13(12)9-15/h2-5,11,14,16H,6-10H2,1H3. The number of aliphatic hydroxyl groups excluding tert-OH is 1. The van der Waals surface area contributed by atoms with Crippen molar-refractivity contribution in [2.24, 2.45) is 5.92 Å². The molecule has 106 valence electrons. The van der Waals surface area contributed by atoms with Crippen LogP contribution in [0.3, 0.4) is 0 Å². The Labute approximate surface area is 114 Å². The maximum atomic E-state index is 12.1. The molecule has 0 fully saturated rings. The third-order valence-electron chi connectivity index (χ3n) is 3.36. The fourth-order valence-electron chi connectivity index (χ4n) is 2.08. The van der Waals surface area contributed by atoms with E-state index in [1.807, 2.05) is 24.3 Å². The Balaban J connectivity index is 2.03. The SMILES string of the molecule is CC(CO)CNS(=O)(=O)N1CCc2ccccc2C1. The molecule has 1 heterocycles. The monoisotopic (exact) mass is 284 g/mol. The number of fused-ring (bicyclic) bond motifs is 1. The molecule has 2 N–H and O–H groups in total. The number of nitrogens with one attached hydrogen (secondary N) is 1. The lowest BCUT2D eigenvalue weighted by Crippen LogP contribution is -2.44. The summed E-state index contributed by atoms with van der Waals surface area (Å²) in [6.07, 6.45) is 0.743. The summed E-state index contributed by atoms with van der Waals surface area (Å²) < 4.78 is 28.3. The van der Waals surface area contributed by atoms with Gasteiger partial charge in [0.2, 0.25) is 0 Å². The van der Waals surface area contributed by atoms with E-state index in [1.165, 1.54) is 9.87 Å². The lowest BCUT2D eigenvalue weighted by Gasteiger charge is -2.28. The Kier molecular flexibility index (Phi) is 4.57. The Morgan fingerprint density at radius 2 is 2.05 bits per heavy atom. The zero-order valence-corrected chi connectivity index (χ0v) is 11.9. The normalized spacial score (nSPS) is 18.0. The average Bonchev–Trinajstić information content (AvgIpc) is 2.44. The number of aliphatic hydroxyl groups is 1. The van der Waals surface area contributed by atoms with Crippen LogP contribution in [0.2, 0.25) is 0 Å². The van der Waals surface area contributed by atoms with Crippen LogP contribution in [0.25, 0.3) is 0 Å². The summed E-state index contributed by atoms with van der Waals surface area (Å²) in [6, 6.07) is 7.91. The molecule has 1 atom stereocenters. The van der Waals surface area contributed by atoms with Crippen LogP contribution >= 0.6 is 0 Å². The molecule has 0 spiro atoms. The maximum Gasteiger partial charge on any atom is 0.279 e. The van der Waals surface area contributed by atoms with Gasteiger partial charge in [0.25, 0.3) is 10.2 Å². The Hall–Kier alpha value is -0.950. The molecule has 6 heteroatoms. The van der Waals surface area contributed by atoms with Crippen LogP contribution in [0.4, 0.5) is 0 Å². The summed E-state index contributed by atoms with van der Waals surface area (Å²) in [6.45, 7) is 2.95. The van der Waals surface area contributed by atoms with Crippen molar-refractivity contribution in [3.05, 3.63) is 35.4 Å². The van der Waals surface area contributed by atoms with Gasteiger partial charge in [0.1, 0.15) is 0 Å². The first-order valence-electron chi connectivity index (χ1n) is 6.45.